The molecule has 1 unspecified atom stereocenters. The number of hydrogen-bond donors (Lipinski definition) is 1. The van der Waals surface area contributed by atoms with E-state index in [1.807, 2.05) is 18.2 Å². The van der Waals surface area contributed by atoms with Gasteiger partial charge in [0.1, 0.15) is 0 Å². The first-order valence-corrected chi connectivity index (χ1v) is 7.99. The van der Waals surface area contributed by atoms with E-state index in [2.05, 4.69) is 52.8 Å². The van der Waals surface area contributed by atoms with E-state index in [0.717, 1.165) is 23.3 Å². The summed E-state index contributed by atoms with van der Waals surface area (Å²) in [4.78, 5) is 5.17. The number of nitrogens with zero attached hydrogens (tertiary/aromatic N) is 1. The number of halogens is 3. The molecule has 2 heterocycles. The first-order chi connectivity index (χ1) is 8.06. The van der Waals surface area contributed by atoms with E-state index in [0.29, 0.717) is 6.42 Å². The second-order valence-electron chi connectivity index (χ2n) is 3.46. The first-order valence-electron chi connectivity index (χ1n) is 4.79. The second-order valence-corrected chi connectivity index (χ2v) is 7.63. The Morgan fingerprint density at radius 1 is 1.29 bits per heavy atom. The van der Waals surface area contributed by atoms with E-state index in [1.54, 1.807) is 6.20 Å². The van der Waals surface area contributed by atoms with Gasteiger partial charge >= 0.3 is 0 Å². The van der Waals surface area contributed by atoms with Gasteiger partial charge in [0.05, 0.1) is 9.89 Å². The second kappa shape index (κ2) is 5.93. The number of pyridine rings is 1. The molecule has 0 bridgehead atoms. The van der Waals surface area contributed by atoms with Crippen molar-refractivity contribution in [1.29, 1.82) is 0 Å². The van der Waals surface area contributed by atoms with Gasteiger partial charge in [0, 0.05) is 32.1 Å². The van der Waals surface area contributed by atoms with E-state index < -0.39 is 6.10 Å². The maximum absolute atomic E-state index is 10.1. The Kier molecular flexibility index (Phi) is 4.77. The predicted molar refractivity (Wildman–Crippen MR) is 80.3 cm³/mol. The lowest BCUT2D eigenvalue weighted by Crippen LogP contribution is -2.01. The monoisotopic (exact) mass is 439 g/mol. The summed E-state index contributed by atoms with van der Waals surface area (Å²) in [5.74, 6) is 0. The Hall–Kier alpha value is 0.250. The summed E-state index contributed by atoms with van der Waals surface area (Å²) in [6.45, 7) is 0. The van der Waals surface area contributed by atoms with E-state index in [1.165, 1.54) is 11.3 Å². The van der Waals surface area contributed by atoms with Gasteiger partial charge < -0.3 is 5.11 Å². The van der Waals surface area contributed by atoms with E-state index in [4.69, 9.17) is 0 Å². The number of aliphatic hydroxyl groups excluding tert-OH is 1. The van der Waals surface area contributed by atoms with Crippen molar-refractivity contribution in [2.24, 2.45) is 0 Å². The van der Waals surface area contributed by atoms with Crippen molar-refractivity contribution < 1.29 is 5.11 Å². The third kappa shape index (κ3) is 3.61. The van der Waals surface area contributed by atoms with Gasteiger partial charge in [-0.15, -0.1) is 11.3 Å². The third-order valence-corrected chi connectivity index (χ3v) is 6.01. The van der Waals surface area contributed by atoms with Crippen LogP contribution in [0.4, 0.5) is 0 Å². The predicted octanol–water partition coefficient (Wildman–Crippen LogP) is 4.71. The highest BCUT2D eigenvalue weighted by molar-refractivity contribution is 9.13. The van der Waals surface area contributed by atoms with Crippen molar-refractivity contribution >= 4 is 59.1 Å². The molecule has 1 N–H and O–H groups in total. The van der Waals surface area contributed by atoms with Crippen LogP contribution in [0.2, 0.25) is 0 Å². The minimum Gasteiger partial charge on any atom is -0.387 e. The SMILES string of the molecule is OC(Cc1ccc(Br)cn1)c1cc(Br)c(Br)s1. The molecular weight excluding hydrogens is 434 g/mol. The Bertz CT molecular complexity index is 492. The van der Waals surface area contributed by atoms with Gasteiger partial charge in [-0.25, -0.2) is 0 Å². The van der Waals surface area contributed by atoms with Gasteiger partial charge in [-0.05, 0) is 66.0 Å². The molecule has 90 valence electrons. The minimum absolute atomic E-state index is 0.517. The Morgan fingerprint density at radius 3 is 2.59 bits per heavy atom. The molecule has 0 fully saturated rings. The van der Waals surface area contributed by atoms with Crippen molar-refractivity contribution in [2.75, 3.05) is 0 Å². The van der Waals surface area contributed by atoms with Crippen LogP contribution in [0, 0.1) is 0 Å². The molecule has 0 spiro atoms. The molecule has 1 atom stereocenters. The highest BCUT2D eigenvalue weighted by Gasteiger charge is 2.14. The summed E-state index contributed by atoms with van der Waals surface area (Å²) in [6.07, 6.45) is 1.74. The molecule has 0 aliphatic heterocycles. The highest BCUT2D eigenvalue weighted by Crippen LogP contribution is 2.36. The molecule has 2 rings (SSSR count). The molecule has 6 heteroatoms. The molecule has 0 aliphatic rings. The van der Waals surface area contributed by atoms with Crippen molar-refractivity contribution in [3.8, 4) is 0 Å². The summed E-state index contributed by atoms with van der Waals surface area (Å²) in [5.41, 5.74) is 0.876. The quantitative estimate of drug-likeness (QED) is 0.748. The summed E-state index contributed by atoms with van der Waals surface area (Å²) in [7, 11) is 0. The molecule has 0 amide bonds. The largest absolute Gasteiger partial charge is 0.387 e. The molecule has 2 aromatic rings. The number of aromatic nitrogens is 1. The van der Waals surface area contributed by atoms with Crippen molar-refractivity contribution in [2.45, 2.75) is 12.5 Å². The summed E-state index contributed by atoms with van der Waals surface area (Å²) in [6, 6.07) is 5.76. The van der Waals surface area contributed by atoms with Crippen LogP contribution in [0.5, 0.6) is 0 Å². The van der Waals surface area contributed by atoms with Gasteiger partial charge in [0.25, 0.3) is 0 Å². The van der Waals surface area contributed by atoms with Crippen LogP contribution in [0.25, 0.3) is 0 Å². The van der Waals surface area contributed by atoms with Crippen molar-refractivity contribution in [3.05, 3.63) is 47.7 Å². The summed E-state index contributed by atoms with van der Waals surface area (Å²) >= 11 is 11.7. The molecule has 2 nitrogen and oxygen atoms in total. The van der Waals surface area contributed by atoms with Crippen LogP contribution in [-0.4, -0.2) is 10.1 Å². The lowest BCUT2D eigenvalue weighted by atomic mass is 10.1. The highest BCUT2D eigenvalue weighted by atomic mass is 79.9. The van der Waals surface area contributed by atoms with Gasteiger partial charge in [0.15, 0.2) is 0 Å². The standard InChI is InChI=1S/C11H8Br3NOS/c12-6-1-2-7(15-5-6)3-9(16)10-4-8(13)11(14)17-10/h1-2,4-5,9,16H,3H2. The minimum atomic E-state index is -0.517. The molecule has 0 saturated heterocycles. The maximum Gasteiger partial charge on any atom is 0.0938 e. The summed E-state index contributed by atoms with van der Waals surface area (Å²) < 4.78 is 2.91. The zero-order valence-corrected chi connectivity index (χ0v) is 14.1. The molecule has 2 aromatic heterocycles. The van der Waals surface area contributed by atoms with Gasteiger partial charge in [0.2, 0.25) is 0 Å². The Labute approximate surface area is 128 Å². The van der Waals surface area contributed by atoms with Crippen LogP contribution >= 0.6 is 59.1 Å². The normalized spacial score (nSPS) is 12.7. The fourth-order valence-corrected chi connectivity index (χ4v) is 3.66. The molecule has 0 aliphatic carbocycles. The third-order valence-electron chi connectivity index (χ3n) is 2.18. The summed E-state index contributed by atoms with van der Waals surface area (Å²) in [5, 5.41) is 10.1. The average Bonchev–Trinajstić information content (AvgIpc) is 2.63. The Balaban J connectivity index is 2.11. The van der Waals surface area contributed by atoms with Crippen molar-refractivity contribution in [1.82, 2.24) is 4.98 Å². The van der Waals surface area contributed by atoms with Crippen LogP contribution in [0.3, 0.4) is 0 Å². The van der Waals surface area contributed by atoms with Gasteiger partial charge in [-0.1, -0.05) is 0 Å². The number of rotatable bonds is 3. The lowest BCUT2D eigenvalue weighted by Gasteiger charge is -2.07. The zero-order valence-electron chi connectivity index (χ0n) is 8.53. The van der Waals surface area contributed by atoms with Crippen LogP contribution < -0.4 is 0 Å². The number of thiophene rings is 1. The Morgan fingerprint density at radius 2 is 2.06 bits per heavy atom. The topological polar surface area (TPSA) is 33.1 Å². The van der Waals surface area contributed by atoms with E-state index in [-0.39, 0.29) is 0 Å². The van der Waals surface area contributed by atoms with Crippen molar-refractivity contribution in [3.63, 3.8) is 0 Å². The number of hydrogen-bond acceptors (Lipinski definition) is 3. The van der Waals surface area contributed by atoms with E-state index in [9.17, 15) is 5.11 Å². The first kappa shape index (κ1) is 13.7. The zero-order chi connectivity index (χ0) is 12.4. The fraction of sp³-hybridized carbons (Fsp3) is 0.182. The molecule has 17 heavy (non-hydrogen) atoms. The molecule has 0 saturated carbocycles. The van der Waals surface area contributed by atoms with Gasteiger partial charge in [-0.2, -0.15) is 0 Å². The fourth-order valence-electron chi connectivity index (χ4n) is 1.35. The van der Waals surface area contributed by atoms with Crippen LogP contribution in [0.15, 0.2) is 37.1 Å². The molecule has 0 aromatic carbocycles. The van der Waals surface area contributed by atoms with Gasteiger partial charge in [-0.3, -0.25) is 4.98 Å². The van der Waals surface area contributed by atoms with Crippen LogP contribution in [0.1, 0.15) is 16.7 Å². The molecular formula is C11H8Br3NOS. The van der Waals surface area contributed by atoms with E-state index >= 15 is 0 Å². The smallest absolute Gasteiger partial charge is 0.0938 e. The lowest BCUT2D eigenvalue weighted by molar-refractivity contribution is 0.181. The molecule has 0 radical (unpaired) electrons. The maximum atomic E-state index is 10.1. The number of aliphatic hydroxyl groups is 1. The van der Waals surface area contributed by atoms with Crippen LogP contribution in [-0.2, 0) is 6.42 Å². The average molecular weight is 442 g/mol.